The fraction of sp³-hybridized carbons (Fsp3) is 0.607. The average molecular weight is 599 g/mol. The van der Waals surface area contributed by atoms with Crippen LogP contribution >= 0.6 is 0 Å². The molecule has 3 aromatic rings. The Morgan fingerprint density at radius 2 is 1.79 bits per heavy atom. The van der Waals surface area contributed by atoms with Gasteiger partial charge in [-0.2, -0.15) is 9.49 Å². The molecule has 2 aliphatic rings. The van der Waals surface area contributed by atoms with E-state index in [0.717, 1.165) is 49.1 Å². The molecule has 12 nitrogen and oxygen atoms in total. The number of carbonyl (C=O) groups is 2. The smallest absolute Gasteiger partial charge is 0.276 e. The van der Waals surface area contributed by atoms with Gasteiger partial charge in [-0.15, -0.1) is 5.10 Å². The zero-order chi connectivity index (χ0) is 30.2. The topological polar surface area (TPSA) is 161 Å². The van der Waals surface area contributed by atoms with E-state index in [-0.39, 0.29) is 22.9 Å². The second kappa shape index (κ2) is 11.9. The molecule has 2 atom stereocenters. The molecule has 0 radical (unpaired) electrons. The summed E-state index contributed by atoms with van der Waals surface area (Å²) in [6.45, 7) is 9.82. The zero-order valence-electron chi connectivity index (χ0n) is 24.7. The van der Waals surface area contributed by atoms with Crippen molar-refractivity contribution in [1.29, 1.82) is 0 Å². The molecule has 14 heteroatoms. The lowest BCUT2D eigenvalue weighted by atomic mass is 9.88. The Balaban J connectivity index is 1.39. The normalized spacial score (nSPS) is 16.8. The van der Waals surface area contributed by atoms with Gasteiger partial charge >= 0.3 is 0 Å². The number of nitrogens with zero attached hydrogens (tertiary/aromatic N) is 5. The molecule has 3 heterocycles. The molecule has 0 saturated heterocycles. The van der Waals surface area contributed by atoms with Crippen LogP contribution in [-0.4, -0.2) is 56.2 Å². The summed E-state index contributed by atoms with van der Waals surface area (Å²) >= 11 is 0. The van der Waals surface area contributed by atoms with E-state index in [1.807, 2.05) is 6.07 Å². The van der Waals surface area contributed by atoms with E-state index in [1.165, 1.54) is 10.9 Å². The summed E-state index contributed by atoms with van der Waals surface area (Å²) in [6, 6.07) is 3.31. The van der Waals surface area contributed by atoms with Gasteiger partial charge in [-0.3, -0.25) is 19.1 Å². The van der Waals surface area contributed by atoms with Crippen molar-refractivity contribution in [2.24, 2.45) is 17.8 Å². The van der Waals surface area contributed by atoms with Gasteiger partial charge < -0.3 is 10.6 Å². The van der Waals surface area contributed by atoms with Crippen molar-refractivity contribution in [2.75, 3.05) is 5.32 Å². The van der Waals surface area contributed by atoms with Gasteiger partial charge in [-0.1, -0.05) is 44.1 Å². The number of halogens is 1. The second-order valence-electron chi connectivity index (χ2n) is 11.8. The van der Waals surface area contributed by atoms with Crippen LogP contribution in [0.5, 0.6) is 0 Å². The van der Waals surface area contributed by atoms with Gasteiger partial charge in [0, 0.05) is 10.9 Å². The number of nitrogens with one attached hydrogen (secondary N) is 3. The minimum absolute atomic E-state index is 0.00853. The number of aromatic nitrogens is 6. The van der Waals surface area contributed by atoms with Crippen LogP contribution in [0, 0.1) is 30.6 Å². The first-order chi connectivity index (χ1) is 20.1. The fourth-order valence-corrected chi connectivity index (χ4v) is 9.52. The van der Waals surface area contributed by atoms with Crippen molar-refractivity contribution in [3.8, 4) is 0 Å². The van der Waals surface area contributed by atoms with E-state index in [4.69, 9.17) is 0 Å². The highest BCUT2D eigenvalue weighted by Gasteiger charge is 2.48. The molecule has 2 saturated carbocycles. The number of hydrogen-bond donors (Lipinski definition) is 3. The van der Waals surface area contributed by atoms with E-state index in [1.54, 1.807) is 13.8 Å². The molecule has 0 bridgehead atoms. The summed E-state index contributed by atoms with van der Waals surface area (Å²) in [7, 11) is -1.88. The van der Waals surface area contributed by atoms with Crippen LogP contribution < -0.4 is 21.5 Å². The molecule has 2 aliphatic carbocycles. The van der Waals surface area contributed by atoms with E-state index in [2.05, 4.69) is 61.6 Å². The molecule has 3 N–H and O–H groups in total. The molecule has 226 valence electrons. The van der Waals surface area contributed by atoms with Gasteiger partial charge in [0.15, 0.2) is 5.69 Å². The van der Waals surface area contributed by atoms with Crippen molar-refractivity contribution in [2.45, 2.75) is 90.5 Å². The maximum atomic E-state index is 15.2. The molecular weight excluding hydrogens is 559 g/mol. The molecule has 5 rings (SSSR count). The molecule has 42 heavy (non-hydrogen) atoms. The van der Waals surface area contributed by atoms with Crippen LogP contribution in [0.1, 0.15) is 81.2 Å². The maximum Gasteiger partial charge on any atom is 0.276 e. The highest BCUT2D eigenvalue weighted by molar-refractivity contribution is 6.91. The van der Waals surface area contributed by atoms with E-state index >= 15 is 4.39 Å². The van der Waals surface area contributed by atoms with Crippen molar-refractivity contribution in [1.82, 2.24) is 35.6 Å². The van der Waals surface area contributed by atoms with Gasteiger partial charge in [0.1, 0.15) is 25.5 Å². The van der Waals surface area contributed by atoms with Crippen molar-refractivity contribution >= 4 is 30.9 Å². The number of anilines is 1. The lowest BCUT2D eigenvalue weighted by Crippen LogP contribution is -2.50. The molecular formula is C28H39FN8O4Si. The van der Waals surface area contributed by atoms with Crippen LogP contribution in [0.25, 0.3) is 0 Å². The van der Waals surface area contributed by atoms with Crippen molar-refractivity contribution in [3.63, 3.8) is 0 Å². The third-order valence-corrected chi connectivity index (χ3v) is 14.8. The first-order valence-corrected chi connectivity index (χ1v) is 17.5. The molecule has 2 fully saturated rings. The van der Waals surface area contributed by atoms with Gasteiger partial charge in [0.05, 0.1) is 12.2 Å². The lowest BCUT2D eigenvalue weighted by molar-refractivity contribution is -0.119. The Morgan fingerprint density at radius 1 is 1.14 bits per heavy atom. The number of rotatable bonds is 13. The van der Waals surface area contributed by atoms with E-state index < -0.39 is 37.9 Å². The first-order valence-electron chi connectivity index (χ1n) is 14.9. The maximum absolute atomic E-state index is 15.2. The predicted molar refractivity (Wildman–Crippen MR) is 156 cm³/mol. The molecule has 0 spiro atoms. The SMILES string of the molecule is CC[Si](CC)(CC)c1cc(C(C)n2cc(NC(=O)C(NC(=O)c3nonc3C)C(C3CC3)C3CC3)c(F)n2)c(=O)[nH]n1. The number of aromatic amines is 1. The van der Waals surface area contributed by atoms with Crippen LogP contribution in [0.2, 0.25) is 18.1 Å². The number of carbonyl (C=O) groups excluding carboxylic acids is 2. The van der Waals surface area contributed by atoms with Crippen molar-refractivity contribution < 1.29 is 18.6 Å². The van der Waals surface area contributed by atoms with Gasteiger partial charge in [-0.25, -0.2) is 9.73 Å². The first kappa shape index (κ1) is 29.8. The van der Waals surface area contributed by atoms with Crippen LogP contribution in [-0.2, 0) is 4.79 Å². The van der Waals surface area contributed by atoms with E-state index in [9.17, 15) is 14.4 Å². The Bertz CT molecular complexity index is 1490. The lowest BCUT2D eigenvalue weighted by Gasteiger charge is -2.27. The Kier molecular flexibility index (Phi) is 8.44. The Labute approximate surface area is 244 Å². The summed E-state index contributed by atoms with van der Waals surface area (Å²) in [4.78, 5) is 39.5. The molecule has 2 amide bonds. The Hall–Kier alpha value is -3.68. The van der Waals surface area contributed by atoms with E-state index in [0.29, 0.717) is 23.1 Å². The number of aryl methyl sites for hydroxylation is 1. The van der Waals surface area contributed by atoms with Gasteiger partial charge in [0.2, 0.25) is 5.91 Å². The average Bonchev–Trinajstić information content (AvgIpc) is 3.92. The molecule has 2 unspecified atom stereocenters. The quantitative estimate of drug-likeness (QED) is 0.253. The fourth-order valence-electron chi connectivity index (χ4n) is 6.18. The minimum Gasteiger partial charge on any atom is -0.338 e. The summed E-state index contributed by atoms with van der Waals surface area (Å²) in [5.74, 6) is -1.41. The summed E-state index contributed by atoms with van der Waals surface area (Å²) < 4.78 is 21.2. The number of amides is 2. The largest absolute Gasteiger partial charge is 0.338 e. The van der Waals surface area contributed by atoms with Crippen LogP contribution in [0.3, 0.4) is 0 Å². The molecule has 0 aliphatic heterocycles. The zero-order valence-corrected chi connectivity index (χ0v) is 25.7. The summed E-state index contributed by atoms with van der Waals surface area (Å²) in [6.07, 6.45) is 5.31. The molecule has 0 aromatic carbocycles. The minimum atomic E-state index is -1.88. The Morgan fingerprint density at radius 3 is 2.33 bits per heavy atom. The number of hydrogen-bond acceptors (Lipinski definition) is 8. The van der Waals surface area contributed by atoms with Crippen molar-refractivity contribution in [3.05, 3.63) is 45.5 Å². The van der Waals surface area contributed by atoms with Crippen LogP contribution in [0.4, 0.5) is 10.1 Å². The van der Waals surface area contributed by atoms with Crippen LogP contribution in [0.15, 0.2) is 21.7 Å². The number of H-pyrrole nitrogens is 1. The van der Waals surface area contributed by atoms with Gasteiger partial charge in [-0.05, 0) is 68.5 Å². The third-order valence-electron chi connectivity index (χ3n) is 9.35. The molecule has 3 aromatic heterocycles. The van der Waals surface area contributed by atoms with Gasteiger partial charge in [0.25, 0.3) is 17.4 Å². The predicted octanol–water partition coefficient (Wildman–Crippen LogP) is 3.30. The highest BCUT2D eigenvalue weighted by atomic mass is 28.3. The second-order valence-corrected chi connectivity index (χ2v) is 17.0. The summed E-state index contributed by atoms with van der Waals surface area (Å²) in [5, 5.41) is 24.8. The monoisotopic (exact) mass is 598 g/mol. The standard InChI is InChI=1S/C28H39FN8O4Si/c1-6-42(7-2,8-3)21-13-19(26(38)33-32-21)16(5)37-14-20(25(29)34-37)30-28(40)24(22(17-9-10-17)18-11-12-18)31-27(39)23-15(4)35-41-36-23/h13-14,16-18,22,24H,6-12H2,1-5H3,(H,30,40)(H,31,39)(H,33,38). The highest BCUT2D eigenvalue weighted by Crippen LogP contribution is 2.51. The summed E-state index contributed by atoms with van der Waals surface area (Å²) in [5.41, 5.74) is 0.260. The third kappa shape index (κ3) is 5.81.